The van der Waals surface area contributed by atoms with Crippen LogP contribution in [0.15, 0.2) is 126 Å². The Bertz CT molecular complexity index is 2230. The molecule has 4 atom stereocenters. The van der Waals surface area contributed by atoms with Crippen molar-refractivity contribution in [2.24, 2.45) is 5.92 Å². The number of pyridine rings is 1. The molecular weight excluding hydrogens is 711 g/mol. The van der Waals surface area contributed by atoms with Gasteiger partial charge in [0, 0.05) is 42.1 Å². The third-order valence-corrected chi connectivity index (χ3v) is 15.8. The molecule has 284 valence electrons. The van der Waals surface area contributed by atoms with Crippen LogP contribution in [0, 0.1) is 5.92 Å². The van der Waals surface area contributed by atoms with Crippen molar-refractivity contribution in [2.75, 3.05) is 32.3 Å². The fraction of sp³-hybridized carbons (Fsp3) is 0.295. The first-order valence-electron chi connectivity index (χ1n) is 18.6. The zero-order valence-electron chi connectivity index (χ0n) is 31.8. The minimum Gasteiger partial charge on any atom is -0.497 e. The summed E-state index contributed by atoms with van der Waals surface area (Å²) in [6.45, 7) is 6.92. The lowest BCUT2D eigenvalue weighted by atomic mass is 9.82. The van der Waals surface area contributed by atoms with E-state index in [9.17, 15) is 14.7 Å². The van der Waals surface area contributed by atoms with Gasteiger partial charge in [-0.15, -0.1) is 0 Å². The standard InChI is InChI=1S/C44H47N3O7Si/c1-30-41(55(4,5)35-21-19-34(52-2)20-22-35)39(28-40(49)45(25-26-48)29-31-13-8-6-9-14-31)54-44(30)36-27-33(46-24-12-17-38(53-3)42(46)50)18-23-37(36)47(43(44)51)32-15-10-7-11-16-32/h6-24,27,30,39,41,48H,25-26,28-29H2,1-5H3/t30-,39+,41-,44+/m1/s1. The maximum absolute atomic E-state index is 15.4. The topological polar surface area (TPSA) is 111 Å². The van der Waals surface area contributed by atoms with Crippen molar-refractivity contribution in [1.82, 2.24) is 9.47 Å². The van der Waals surface area contributed by atoms with E-state index < -0.39 is 25.7 Å². The van der Waals surface area contributed by atoms with E-state index >= 15 is 4.79 Å². The fourth-order valence-corrected chi connectivity index (χ4v) is 12.8. The monoisotopic (exact) mass is 757 g/mol. The Kier molecular flexibility index (Phi) is 10.5. The molecule has 2 aliphatic rings. The Labute approximate surface area is 322 Å². The predicted molar refractivity (Wildman–Crippen MR) is 215 cm³/mol. The Morgan fingerprint density at radius 2 is 1.56 bits per heavy atom. The van der Waals surface area contributed by atoms with Crippen LogP contribution < -0.4 is 25.1 Å². The molecular formula is C44H47N3O7Si. The van der Waals surface area contributed by atoms with Gasteiger partial charge in [-0.3, -0.25) is 23.9 Å². The third kappa shape index (κ3) is 6.66. The highest BCUT2D eigenvalue weighted by atomic mass is 28.3. The van der Waals surface area contributed by atoms with Crippen molar-refractivity contribution >= 4 is 36.4 Å². The maximum Gasteiger partial charge on any atom is 0.297 e. The highest BCUT2D eigenvalue weighted by Gasteiger charge is 2.67. The molecule has 55 heavy (non-hydrogen) atoms. The van der Waals surface area contributed by atoms with Crippen molar-refractivity contribution in [3.05, 3.63) is 143 Å². The summed E-state index contributed by atoms with van der Waals surface area (Å²) >= 11 is 0. The maximum atomic E-state index is 15.4. The number of amides is 2. The Morgan fingerprint density at radius 1 is 0.873 bits per heavy atom. The molecule has 1 aromatic heterocycles. The van der Waals surface area contributed by atoms with Gasteiger partial charge >= 0.3 is 0 Å². The number of aromatic nitrogens is 1. The van der Waals surface area contributed by atoms with Crippen molar-refractivity contribution in [3.63, 3.8) is 0 Å². The van der Waals surface area contributed by atoms with Gasteiger partial charge in [0.05, 0.1) is 47.1 Å². The number of hydrogen-bond donors (Lipinski definition) is 1. The minimum atomic E-state index is -2.59. The van der Waals surface area contributed by atoms with Crippen molar-refractivity contribution in [2.45, 2.75) is 50.2 Å². The van der Waals surface area contributed by atoms with Gasteiger partial charge in [-0.2, -0.15) is 0 Å². The van der Waals surface area contributed by atoms with Gasteiger partial charge in [0.25, 0.3) is 11.5 Å². The van der Waals surface area contributed by atoms with Crippen molar-refractivity contribution in [1.29, 1.82) is 0 Å². The van der Waals surface area contributed by atoms with E-state index in [2.05, 4.69) is 32.2 Å². The van der Waals surface area contributed by atoms with Crippen molar-refractivity contribution < 1.29 is 28.9 Å². The summed E-state index contributed by atoms with van der Waals surface area (Å²) in [5.74, 6) is 0.128. The molecule has 2 aliphatic heterocycles. The summed E-state index contributed by atoms with van der Waals surface area (Å²) in [6.07, 6.45) is 1.04. The molecule has 5 aromatic rings. The molecule has 1 N–H and O–H groups in total. The van der Waals surface area contributed by atoms with Gasteiger partial charge in [0.1, 0.15) is 5.75 Å². The first kappa shape index (κ1) is 37.8. The fourth-order valence-electron chi connectivity index (χ4n) is 8.76. The van der Waals surface area contributed by atoms with E-state index in [4.69, 9.17) is 14.2 Å². The van der Waals surface area contributed by atoms with Crippen LogP contribution in [0.3, 0.4) is 0 Å². The molecule has 0 bridgehead atoms. The molecule has 7 rings (SSSR count). The molecule has 0 unspecified atom stereocenters. The highest BCUT2D eigenvalue weighted by Crippen LogP contribution is 2.61. The Morgan fingerprint density at radius 3 is 2.22 bits per heavy atom. The number of para-hydroxylation sites is 1. The van der Waals surface area contributed by atoms with Gasteiger partial charge in [0.2, 0.25) is 5.91 Å². The molecule has 0 saturated carbocycles. The number of aliphatic hydroxyl groups excluding tert-OH is 1. The number of nitrogens with zero attached hydrogens (tertiary/aromatic N) is 3. The average molecular weight is 758 g/mol. The zero-order valence-corrected chi connectivity index (χ0v) is 32.8. The summed E-state index contributed by atoms with van der Waals surface area (Å²) in [4.78, 5) is 46.7. The number of methoxy groups -OCH3 is 2. The van der Waals surface area contributed by atoms with E-state index in [1.165, 1.54) is 11.7 Å². The largest absolute Gasteiger partial charge is 0.497 e. The Hall–Kier alpha value is -5.49. The summed E-state index contributed by atoms with van der Waals surface area (Å²) in [5, 5.41) is 11.2. The number of aliphatic hydroxyl groups is 1. The lowest BCUT2D eigenvalue weighted by Gasteiger charge is -2.37. The quantitative estimate of drug-likeness (QED) is 0.152. The second kappa shape index (κ2) is 15.3. The number of rotatable bonds is 12. The first-order chi connectivity index (χ1) is 26.5. The van der Waals surface area contributed by atoms with Gasteiger partial charge in [-0.1, -0.05) is 85.9 Å². The van der Waals surface area contributed by atoms with Gasteiger partial charge < -0.3 is 24.2 Å². The SMILES string of the molecule is COc1ccc([Si](C)(C)[C@H]2[C@H](CC(=O)N(CCO)Cc3ccccc3)O[C@@]3(C(=O)N(c4ccccc4)c4ccc(-n5cccc(OC)c5=O)cc43)[C@@H]2C)cc1. The minimum absolute atomic E-state index is 0.0131. The summed E-state index contributed by atoms with van der Waals surface area (Å²) in [7, 11) is 0.507. The number of ether oxygens (including phenoxy) is 3. The number of fused-ring (bicyclic) bond motifs is 2. The van der Waals surface area contributed by atoms with Crippen LogP contribution in [0.25, 0.3) is 5.69 Å². The normalized spacial score (nSPS) is 20.4. The molecule has 1 spiro atoms. The highest BCUT2D eigenvalue weighted by molar-refractivity contribution is 6.91. The smallest absolute Gasteiger partial charge is 0.297 e. The predicted octanol–water partition coefficient (Wildman–Crippen LogP) is 6.16. The van der Waals surface area contributed by atoms with Crippen LogP contribution in [0.5, 0.6) is 11.5 Å². The van der Waals surface area contributed by atoms with Crippen LogP contribution in [0.4, 0.5) is 11.4 Å². The first-order valence-corrected chi connectivity index (χ1v) is 21.7. The molecule has 3 heterocycles. The molecule has 1 saturated heterocycles. The second-order valence-electron chi connectivity index (χ2n) is 14.8. The summed E-state index contributed by atoms with van der Waals surface area (Å²) in [6, 6.07) is 36.2. The second-order valence-corrected chi connectivity index (χ2v) is 19.5. The number of benzene rings is 4. The van der Waals surface area contributed by atoms with Crippen LogP contribution in [0.2, 0.25) is 18.6 Å². The van der Waals surface area contributed by atoms with Crippen LogP contribution in [-0.4, -0.2) is 67.9 Å². The van der Waals surface area contributed by atoms with E-state index in [-0.39, 0.29) is 48.2 Å². The zero-order chi connectivity index (χ0) is 38.9. The van der Waals surface area contributed by atoms with E-state index in [1.807, 2.05) is 91.0 Å². The summed E-state index contributed by atoms with van der Waals surface area (Å²) < 4.78 is 19.6. The molecule has 1 fully saturated rings. The number of anilines is 2. The lowest BCUT2D eigenvalue weighted by molar-refractivity contribution is -0.149. The van der Waals surface area contributed by atoms with Gasteiger partial charge in [0.15, 0.2) is 11.4 Å². The average Bonchev–Trinajstić information content (AvgIpc) is 3.64. The van der Waals surface area contributed by atoms with Crippen LogP contribution >= 0.6 is 0 Å². The Balaban J connectivity index is 1.39. The number of carbonyl (C=O) groups is 2. The molecule has 0 radical (unpaired) electrons. The van der Waals surface area contributed by atoms with Crippen molar-refractivity contribution in [3.8, 4) is 17.2 Å². The molecule has 2 amide bonds. The molecule has 11 heteroatoms. The molecule has 4 aromatic carbocycles. The molecule has 10 nitrogen and oxygen atoms in total. The lowest BCUT2D eigenvalue weighted by Crippen LogP contribution is -2.52. The van der Waals surface area contributed by atoms with Gasteiger partial charge in [-0.05, 0) is 65.7 Å². The van der Waals surface area contributed by atoms with Gasteiger partial charge in [-0.25, -0.2) is 0 Å². The van der Waals surface area contributed by atoms with Crippen LogP contribution in [-0.2, 0) is 26.5 Å². The van der Waals surface area contributed by atoms with E-state index in [1.54, 1.807) is 35.2 Å². The number of hydrogen-bond acceptors (Lipinski definition) is 7. The van der Waals surface area contributed by atoms with E-state index in [0.717, 1.165) is 16.5 Å². The van der Waals surface area contributed by atoms with E-state index in [0.29, 0.717) is 29.2 Å². The molecule has 0 aliphatic carbocycles. The van der Waals surface area contributed by atoms with Crippen LogP contribution in [0.1, 0.15) is 24.5 Å². The number of carbonyl (C=O) groups excluding carboxylic acids is 2. The summed E-state index contributed by atoms with van der Waals surface area (Å²) in [5.41, 5.74) is 1.45. The third-order valence-electron chi connectivity index (χ3n) is 11.5.